The number of rotatable bonds is 2. The number of esters is 1. The molecule has 2 nitrogen and oxygen atoms in total. The zero-order valence-electron chi connectivity index (χ0n) is 7.01. The second-order valence-corrected chi connectivity index (χ2v) is 3.17. The van der Waals surface area contributed by atoms with E-state index in [1.54, 1.807) is 12.1 Å². The van der Waals surface area contributed by atoms with Gasteiger partial charge in [-0.25, -0.2) is 0 Å². The van der Waals surface area contributed by atoms with Gasteiger partial charge in [-0.05, 0) is 18.6 Å². The first-order valence-corrected chi connectivity index (χ1v) is 4.58. The first-order valence-electron chi connectivity index (χ1n) is 3.67. The van der Waals surface area contributed by atoms with Crippen molar-refractivity contribution in [2.24, 2.45) is 0 Å². The van der Waals surface area contributed by atoms with E-state index in [9.17, 15) is 4.79 Å². The van der Waals surface area contributed by atoms with E-state index in [1.165, 1.54) is 0 Å². The molecule has 0 radical (unpaired) electrons. The van der Waals surface area contributed by atoms with E-state index in [4.69, 9.17) is 27.9 Å². The number of halogens is 2. The summed E-state index contributed by atoms with van der Waals surface area (Å²) >= 11 is 11.1. The molecule has 0 fully saturated rings. The molecule has 0 aliphatic heterocycles. The molecule has 4 heteroatoms. The van der Waals surface area contributed by atoms with Crippen LogP contribution in [0.25, 0.3) is 0 Å². The third-order valence-corrected chi connectivity index (χ3v) is 2.00. The lowest BCUT2D eigenvalue weighted by Gasteiger charge is -2.06. The zero-order valence-corrected chi connectivity index (χ0v) is 8.52. The summed E-state index contributed by atoms with van der Waals surface area (Å²) in [6.45, 7) is 1.81. The van der Waals surface area contributed by atoms with Crippen molar-refractivity contribution in [3.8, 4) is 5.75 Å². The third kappa shape index (κ3) is 2.61. The average molecular weight is 219 g/mol. The molecule has 0 saturated carbocycles. The molecule has 0 aliphatic rings. The van der Waals surface area contributed by atoms with Crippen molar-refractivity contribution in [1.29, 1.82) is 0 Å². The van der Waals surface area contributed by atoms with Crippen molar-refractivity contribution in [1.82, 2.24) is 0 Å². The Morgan fingerprint density at radius 1 is 1.54 bits per heavy atom. The molecule has 1 aromatic carbocycles. The van der Waals surface area contributed by atoms with Crippen molar-refractivity contribution < 1.29 is 9.53 Å². The number of carbonyl (C=O) groups is 1. The number of hydrogen-bond acceptors (Lipinski definition) is 2. The van der Waals surface area contributed by atoms with Gasteiger partial charge in [-0.1, -0.05) is 23.7 Å². The Hall–Kier alpha value is -0.730. The molecule has 0 unspecified atom stereocenters. The normalized spacial score (nSPS) is 9.77. The van der Waals surface area contributed by atoms with Gasteiger partial charge in [0.25, 0.3) is 0 Å². The van der Waals surface area contributed by atoms with Gasteiger partial charge in [0, 0.05) is 0 Å². The van der Waals surface area contributed by atoms with Crippen LogP contribution < -0.4 is 4.74 Å². The SMILES string of the molecule is Cc1cccc(Cl)c1OC(=O)CCl. The molecule has 13 heavy (non-hydrogen) atoms. The van der Waals surface area contributed by atoms with Gasteiger partial charge < -0.3 is 4.74 Å². The highest BCUT2D eigenvalue weighted by Crippen LogP contribution is 2.27. The van der Waals surface area contributed by atoms with Crippen LogP contribution in [0.2, 0.25) is 5.02 Å². The number of benzene rings is 1. The van der Waals surface area contributed by atoms with Crippen molar-refractivity contribution in [2.75, 3.05) is 5.88 Å². The van der Waals surface area contributed by atoms with Gasteiger partial charge in [-0.3, -0.25) is 4.79 Å². The molecule has 0 N–H and O–H groups in total. The number of carbonyl (C=O) groups excluding carboxylic acids is 1. The van der Waals surface area contributed by atoms with Gasteiger partial charge in [0.15, 0.2) is 5.75 Å². The zero-order chi connectivity index (χ0) is 9.84. The number of alkyl halides is 1. The predicted octanol–water partition coefficient (Wildman–Crippen LogP) is 2.79. The molecular formula is C9H8Cl2O2. The van der Waals surface area contributed by atoms with Gasteiger partial charge in [0.1, 0.15) is 5.88 Å². The summed E-state index contributed by atoms with van der Waals surface area (Å²) in [6, 6.07) is 5.25. The minimum atomic E-state index is -0.502. The molecule has 1 rings (SSSR count). The fourth-order valence-electron chi connectivity index (χ4n) is 0.887. The predicted molar refractivity (Wildman–Crippen MR) is 52.5 cm³/mol. The molecule has 0 heterocycles. The van der Waals surface area contributed by atoms with E-state index in [1.807, 2.05) is 13.0 Å². The Kier molecular flexibility index (Phi) is 3.58. The van der Waals surface area contributed by atoms with Crippen molar-refractivity contribution >= 4 is 29.2 Å². The van der Waals surface area contributed by atoms with Gasteiger partial charge in [0.2, 0.25) is 0 Å². The molecule has 70 valence electrons. The Morgan fingerprint density at radius 2 is 2.23 bits per heavy atom. The van der Waals surface area contributed by atoms with Crippen LogP contribution in [0.5, 0.6) is 5.75 Å². The molecule has 0 aliphatic carbocycles. The van der Waals surface area contributed by atoms with Crippen LogP contribution in [-0.2, 0) is 4.79 Å². The lowest BCUT2D eigenvalue weighted by Crippen LogP contribution is -2.10. The fraction of sp³-hybridized carbons (Fsp3) is 0.222. The highest BCUT2D eigenvalue weighted by molar-refractivity contribution is 6.32. The van der Waals surface area contributed by atoms with E-state index in [0.717, 1.165) is 5.56 Å². The first kappa shape index (κ1) is 10.4. The summed E-state index contributed by atoms with van der Waals surface area (Å²) in [5.74, 6) is -0.294. The molecular weight excluding hydrogens is 211 g/mol. The van der Waals surface area contributed by atoms with Gasteiger partial charge in [-0.15, -0.1) is 11.6 Å². The maximum Gasteiger partial charge on any atom is 0.326 e. The highest BCUT2D eigenvalue weighted by Gasteiger charge is 2.08. The minimum Gasteiger partial charge on any atom is -0.424 e. The van der Waals surface area contributed by atoms with Gasteiger partial charge in [0.05, 0.1) is 5.02 Å². The number of aryl methyl sites for hydroxylation is 1. The smallest absolute Gasteiger partial charge is 0.326 e. The lowest BCUT2D eigenvalue weighted by molar-refractivity contribution is -0.131. The molecule has 1 aromatic rings. The summed E-state index contributed by atoms with van der Waals surface area (Å²) in [5, 5.41) is 0.415. The first-order chi connectivity index (χ1) is 6.15. The average Bonchev–Trinajstić information content (AvgIpc) is 2.11. The van der Waals surface area contributed by atoms with Crippen LogP contribution in [-0.4, -0.2) is 11.8 Å². The number of ether oxygens (including phenoxy) is 1. The minimum absolute atomic E-state index is 0.176. The van der Waals surface area contributed by atoms with Crippen LogP contribution in [0.4, 0.5) is 0 Å². The Morgan fingerprint density at radius 3 is 2.77 bits per heavy atom. The summed E-state index contributed by atoms with van der Waals surface area (Å²) < 4.78 is 4.92. The van der Waals surface area contributed by atoms with E-state index >= 15 is 0 Å². The second-order valence-electron chi connectivity index (χ2n) is 2.49. The van der Waals surface area contributed by atoms with E-state index in [0.29, 0.717) is 10.8 Å². The van der Waals surface area contributed by atoms with E-state index in [2.05, 4.69) is 0 Å². The Balaban J connectivity index is 2.93. The molecule has 0 spiro atoms. The molecule has 0 amide bonds. The Bertz CT molecular complexity index is 303. The lowest BCUT2D eigenvalue weighted by atomic mass is 10.2. The fourth-order valence-corrected chi connectivity index (χ4v) is 1.20. The van der Waals surface area contributed by atoms with Crippen LogP contribution in [0, 0.1) is 6.92 Å². The molecule has 0 aromatic heterocycles. The summed E-state index contributed by atoms with van der Waals surface area (Å²) in [5.41, 5.74) is 0.811. The second kappa shape index (κ2) is 4.49. The summed E-state index contributed by atoms with van der Waals surface area (Å²) in [4.78, 5) is 10.9. The largest absolute Gasteiger partial charge is 0.424 e. The monoisotopic (exact) mass is 218 g/mol. The van der Waals surface area contributed by atoms with Gasteiger partial charge >= 0.3 is 5.97 Å². The molecule has 0 saturated heterocycles. The quantitative estimate of drug-likeness (QED) is 0.434. The van der Waals surface area contributed by atoms with E-state index in [-0.39, 0.29) is 5.88 Å². The standard InChI is InChI=1S/C9H8Cl2O2/c1-6-3-2-4-7(11)9(6)13-8(12)5-10/h2-4H,5H2,1H3. The highest BCUT2D eigenvalue weighted by atomic mass is 35.5. The maximum absolute atomic E-state index is 10.9. The van der Waals surface area contributed by atoms with Crippen molar-refractivity contribution in [3.05, 3.63) is 28.8 Å². The number of hydrogen-bond donors (Lipinski definition) is 0. The number of para-hydroxylation sites is 1. The molecule has 0 atom stereocenters. The van der Waals surface area contributed by atoms with Gasteiger partial charge in [-0.2, -0.15) is 0 Å². The van der Waals surface area contributed by atoms with Crippen molar-refractivity contribution in [2.45, 2.75) is 6.92 Å². The summed E-state index contributed by atoms with van der Waals surface area (Å²) in [7, 11) is 0. The molecule has 0 bridgehead atoms. The third-order valence-electron chi connectivity index (χ3n) is 1.49. The van der Waals surface area contributed by atoms with Crippen LogP contribution in [0.3, 0.4) is 0 Å². The van der Waals surface area contributed by atoms with Crippen molar-refractivity contribution in [3.63, 3.8) is 0 Å². The summed E-state index contributed by atoms with van der Waals surface area (Å²) in [6.07, 6.45) is 0. The van der Waals surface area contributed by atoms with Crippen LogP contribution >= 0.6 is 23.2 Å². The maximum atomic E-state index is 10.9. The van der Waals surface area contributed by atoms with Crippen LogP contribution in [0.15, 0.2) is 18.2 Å². The van der Waals surface area contributed by atoms with E-state index < -0.39 is 5.97 Å². The van der Waals surface area contributed by atoms with Crippen LogP contribution in [0.1, 0.15) is 5.56 Å². The Labute approximate surface area is 86.4 Å². The topological polar surface area (TPSA) is 26.3 Å².